The van der Waals surface area contributed by atoms with Gasteiger partial charge < -0.3 is 4.74 Å². The normalized spacial score (nSPS) is 10.5. The number of methoxy groups -OCH3 is 1. The summed E-state index contributed by atoms with van der Waals surface area (Å²) in [5.41, 5.74) is 3.62. The van der Waals surface area contributed by atoms with Crippen LogP contribution in [0.4, 0.5) is 5.13 Å². The Bertz CT molecular complexity index is 871. The van der Waals surface area contributed by atoms with E-state index < -0.39 is 5.91 Å². The maximum absolute atomic E-state index is 12.7. The Balaban J connectivity index is 2.19. The van der Waals surface area contributed by atoms with E-state index in [1.165, 1.54) is 24.0 Å². The fourth-order valence-electron chi connectivity index (χ4n) is 2.29. The van der Waals surface area contributed by atoms with Crippen LogP contribution >= 0.6 is 22.9 Å². The van der Waals surface area contributed by atoms with Crippen molar-refractivity contribution in [3.05, 3.63) is 46.4 Å². The summed E-state index contributed by atoms with van der Waals surface area (Å²) in [6.07, 6.45) is 3.26. The summed E-state index contributed by atoms with van der Waals surface area (Å²) >= 11 is 7.48. The lowest BCUT2D eigenvalue weighted by atomic mass is 9.99. The van der Waals surface area contributed by atoms with E-state index in [2.05, 4.69) is 25.5 Å². The predicted molar refractivity (Wildman–Crippen MR) is 91.6 cm³/mol. The number of carbonyl (C=O) groups excluding carboxylic acids is 1. The van der Waals surface area contributed by atoms with Gasteiger partial charge in [0.2, 0.25) is 5.13 Å². The zero-order chi connectivity index (χ0) is 17.1. The van der Waals surface area contributed by atoms with E-state index in [-0.39, 0.29) is 10.7 Å². The molecule has 122 valence electrons. The van der Waals surface area contributed by atoms with Gasteiger partial charge in [0.1, 0.15) is 16.4 Å². The third-order valence-electron chi connectivity index (χ3n) is 3.26. The van der Waals surface area contributed by atoms with Crippen molar-refractivity contribution in [2.24, 2.45) is 0 Å². The number of hydrogen-bond acceptors (Lipinski definition) is 7. The van der Waals surface area contributed by atoms with Crippen LogP contribution in [0.15, 0.2) is 30.0 Å². The van der Waals surface area contributed by atoms with Crippen LogP contribution in [0.25, 0.3) is 11.1 Å². The molecular formula is C15H12ClN5O2S. The highest BCUT2D eigenvalue weighted by Gasteiger charge is 2.25. The Morgan fingerprint density at radius 2 is 2.08 bits per heavy atom. The molecule has 0 spiro atoms. The van der Waals surface area contributed by atoms with Gasteiger partial charge in [0.15, 0.2) is 0 Å². The molecule has 0 aliphatic carbocycles. The number of pyridine rings is 2. The third kappa shape index (κ3) is 3.06. The fraction of sp³-hybridized carbons (Fsp3) is 0.133. The predicted octanol–water partition coefficient (Wildman–Crippen LogP) is 3.22. The largest absolute Gasteiger partial charge is 0.494 e. The highest BCUT2D eigenvalue weighted by atomic mass is 35.5. The lowest BCUT2D eigenvalue weighted by Crippen LogP contribution is -2.16. The van der Waals surface area contributed by atoms with E-state index in [4.69, 9.17) is 16.3 Å². The summed E-state index contributed by atoms with van der Waals surface area (Å²) < 4.78 is 5.46. The second kappa shape index (κ2) is 6.90. The lowest BCUT2D eigenvalue weighted by Gasteiger charge is -2.16. The van der Waals surface area contributed by atoms with Gasteiger partial charge in [0.25, 0.3) is 5.91 Å². The molecule has 0 radical (unpaired) electrons. The van der Waals surface area contributed by atoms with E-state index in [1.807, 2.05) is 0 Å². The Kier molecular flexibility index (Phi) is 4.68. The number of ether oxygens (including phenoxy) is 1. The topological polar surface area (TPSA) is 89.9 Å². The molecule has 0 saturated carbocycles. The molecule has 0 saturated heterocycles. The first kappa shape index (κ1) is 16.3. The SMILES string of the molecule is COc1c(C)nc(Cl)c(C(=O)Nc2nncs2)c1-c1ccncc1. The zero-order valence-electron chi connectivity index (χ0n) is 12.8. The third-order valence-corrected chi connectivity index (χ3v) is 4.14. The summed E-state index contributed by atoms with van der Waals surface area (Å²) in [4.78, 5) is 21.0. The summed E-state index contributed by atoms with van der Waals surface area (Å²) in [5, 5.41) is 10.6. The second-order valence-electron chi connectivity index (χ2n) is 4.71. The zero-order valence-corrected chi connectivity index (χ0v) is 14.4. The van der Waals surface area contributed by atoms with Gasteiger partial charge in [0.05, 0.1) is 18.4 Å². The molecule has 24 heavy (non-hydrogen) atoms. The van der Waals surface area contributed by atoms with Gasteiger partial charge in [0, 0.05) is 18.0 Å². The van der Waals surface area contributed by atoms with Gasteiger partial charge in [-0.2, -0.15) is 0 Å². The van der Waals surface area contributed by atoms with E-state index in [0.29, 0.717) is 22.1 Å². The van der Waals surface area contributed by atoms with Crippen molar-refractivity contribution in [3.8, 4) is 16.9 Å². The molecule has 9 heteroatoms. The Morgan fingerprint density at radius 3 is 2.71 bits per heavy atom. The maximum Gasteiger partial charge on any atom is 0.261 e. The van der Waals surface area contributed by atoms with Crippen LogP contribution < -0.4 is 10.1 Å². The van der Waals surface area contributed by atoms with Gasteiger partial charge in [-0.05, 0) is 24.6 Å². The number of amides is 1. The molecule has 1 amide bonds. The summed E-state index contributed by atoms with van der Waals surface area (Å²) in [5.74, 6) is 0.0439. The van der Waals surface area contributed by atoms with Crippen molar-refractivity contribution >= 4 is 34.0 Å². The minimum Gasteiger partial charge on any atom is -0.494 e. The van der Waals surface area contributed by atoms with Crippen LogP contribution in [-0.4, -0.2) is 33.2 Å². The molecule has 1 N–H and O–H groups in total. The van der Waals surface area contributed by atoms with Gasteiger partial charge in [-0.25, -0.2) is 4.98 Å². The average molecular weight is 362 g/mol. The Labute approximate surface area is 146 Å². The van der Waals surface area contributed by atoms with Gasteiger partial charge in [-0.15, -0.1) is 10.2 Å². The number of aromatic nitrogens is 4. The van der Waals surface area contributed by atoms with Crippen molar-refractivity contribution in [1.29, 1.82) is 0 Å². The second-order valence-corrected chi connectivity index (χ2v) is 5.90. The average Bonchev–Trinajstić information content (AvgIpc) is 3.07. The van der Waals surface area contributed by atoms with Gasteiger partial charge in [-0.3, -0.25) is 15.1 Å². The van der Waals surface area contributed by atoms with Crippen molar-refractivity contribution < 1.29 is 9.53 Å². The van der Waals surface area contributed by atoms with Crippen molar-refractivity contribution in [3.63, 3.8) is 0 Å². The van der Waals surface area contributed by atoms with Crippen LogP contribution in [-0.2, 0) is 0 Å². The number of rotatable bonds is 4. The summed E-state index contributed by atoms with van der Waals surface area (Å²) in [6, 6.07) is 3.55. The molecule has 0 aromatic carbocycles. The standard InChI is InChI=1S/C15H12ClN5O2S/c1-8-12(23-2)10(9-3-5-17-6-4-9)11(13(16)19-8)14(22)20-15-21-18-7-24-15/h3-7H,1-2H3,(H,20,21,22). The van der Waals surface area contributed by atoms with Crippen LogP contribution in [0.1, 0.15) is 16.1 Å². The van der Waals surface area contributed by atoms with Gasteiger partial charge >= 0.3 is 0 Å². The first-order chi connectivity index (χ1) is 11.6. The smallest absolute Gasteiger partial charge is 0.261 e. The van der Waals surface area contributed by atoms with Crippen molar-refractivity contribution in [1.82, 2.24) is 20.2 Å². The first-order valence-corrected chi connectivity index (χ1v) is 8.09. The number of nitrogens with zero attached hydrogens (tertiary/aromatic N) is 4. The van der Waals surface area contributed by atoms with E-state index in [1.54, 1.807) is 31.5 Å². The lowest BCUT2D eigenvalue weighted by molar-refractivity contribution is 0.102. The highest BCUT2D eigenvalue weighted by Crippen LogP contribution is 2.38. The minimum absolute atomic E-state index is 0.0853. The molecule has 0 aliphatic heterocycles. The van der Waals surface area contributed by atoms with Crippen LogP contribution in [0.5, 0.6) is 5.75 Å². The van der Waals surface area contributed by atoms with Crippen molar-refractivity contribution in [2.75, 3.05) is 12.4 Å². The maximum atomic E-state index is 12.7. The Hall–Kier alpha value is -2.58. The molecule has 0 bridgehead atoms. The fourth-order valence-corrected chi connectivity index (χ4v) is 3.04. The number of carbonyl (C=O) groups is 1. The number of hydrogen-bond donors (Lipinski definition) is 1. The Morgan fingerprint density at radius 1 is 1.33 bits per heavy atom. The summed E-state index contributed by atoms with van der Waals surface area (Å²) in [6.45, 7) is 1.77. The molecule has 3 heterocycles. The summed E-state index contributed by atoms with van der Waals surface area (Å²) in [7, 11) is 1.52. The van der Waals surface area contributed by atoms with E-state index in [0.717, 1.165) is 5.56 Å². The number of halogens is 1. The molecule has 7 nitrogen and oxygen atoms in total. The highest BCUT2D eigenvalue weighted by molar-refractivity contribution is 7.13. The quantitative estimate of drug-likeness (QED) is 0.717. The minimum atomic E-state index is -0.436. The van der Waals surface area contributed by atoms with E-state index in [9.17, 15) is 4.79 Å². The first-order valence-electron chi connectivity index (χ1n) is 6.83. The van der Waals surface area contributed by atoms with E-state index >= 15 is 0 Å². The molecule has 0 fully saturated rings. The number of nitrogens with one attached hydrogen (secondary N) is 1. The van der Waals surface area contributed by atoms with Gasteiger partial charge in [-0.1, -0.05) is 22.9 Å². The van der Waals surface area contributed by atoms with Crippen LogP contribution in [0.3, 0.4) is 0 Å². The van der Waals surface area contributed by atoms with Crippen molar-refractivity contribution in [2.45, 2.75) is 6.92 Å². The molecular weight excluding hydrogens is 350 g/mol. The molecule has 3 rings (SSSR count). The number of aryl methyl sites for hydroxylation is 1. The van der Waals surface area contributed by atoms with Crippen LogP contribution in [0.2, 0.25) is 5.15 Å². The monoisotopic (exact) mass is 361 g/mol. The van der Waals surface area contributed by atoms with Crippen LogP contribution in [0, 0.1) is 6.92 Å². The molecule has 0 unspecified atom stereocenters. The molecule has 3 aromatic heterocycles. The molecule has 0 atom stereocenters. The molecule has 3 aromatic rings. The number of anilines is 1. The molecule has 0 aliphatic rings.